The maximum atomic E-state index is 14.4. The lowest BCUT2D eigenvalue weighted by Gasteiger charge is -2.38. The minimum Gasteiger partial charge on any atom is -0.491 e. The molecule has 1 saturated heterocycles. The number of benzene rings is 2. The van der Waals surface area contributed by atoms with E-state index in [1.54, 1.807) is 19.2 Å². The van der Waals surface area contributed by atoms with Crippen LogP contribution in [0.15, 0.2) is 77.4 Å². The molecule has 5 nitrogen and oxygen atoms in total. The first-order chi connectivity index (χ1) is 15.6. The van der Waals surface area contributed by atoms with Crippen LogP contribution < -0.4 is 0 Å². The minimum atomic E-state index is -0.251. The lowest BCUT2D eigenvalue weighted by Crippen LogP contribution is -2.39. The van der Waals surface area contributed by atoms with Crippen molar-refractivity contribution in [2.45, 2.75) is 32.0 Å². The van der Waals surface area contributed by atoms with Crippen molar-refractivity contribution >= 4 is 0 Å². The molecule has 2 aliphatic rings. The van der Waals surface area contributed by atoms with Crippen LogP contribution in [0.25, 0.3) is 0 Å². The van der Waals surface area contributed by atoms with Gasteiger partial charge in [-0.15, -0.1) is 0 Å². The highest BCUT2D eigenvalue weighted by Crippen LogP contribution is 2.36. The van der Waals surface area contributed by atoms with Crippen LogP contribution in [0.4, 0.5) is 4.39 Å². The third-order valence-electron chi connectivity index (χ3n) is 6.32. The molecule has 6 heteroatoms. The molecule has 0 saturated carbocycles. The zero-order valence-corrected chi connectivity index (χ0v) is 18.8. The molecule has 2 aromatic rings. The molecule has 0 aromatic heterocycles. The average Bonchev–Trinajstić information content (AvgIpc) is 3.25. The maximum absolute atomic E-state index is 14.4. The van der Waals surface area contributed by atoms with Gasteiger partial charge in [-0.05, 0) is 38.1 Å². The van der Waals surface area contributed by atoms with Gasteiger partial charge in [0.1, 0.15) is 12.4 Å². The van der Waals surface area contributed by atoms with E-state index >= 15 is 0 Å². The number of rotatable bonds is 8. The number of aliphatic hydroxyl groups excluding tert-OH is 1. The molecule has 170 valence electrons. The summed E-state index contributed by atoms with van der Waals surface area (Å²) in [5.41, 5.74) is 3.38. The molecule has 2 aromatic carbocycles. The second kappa shape index (κ2) is 10.2. The summed E-state index contributed by atoms with van der Waals surface area (Å²) in [6, 6.07) is 17.0. The number of halogens is 1. The van der Waals surface area contributed by atoms with Crippen LogP contribution in [-0.4, -0.2) is 54.8 Å². The fourth-order valence-corrected chi connectivity index (χ4v) is 4.65. The number of methoxy groups -OCH3 is 1. The van der Waals surface area contributed by atoms with Gasteiger partial charge in [0.05, 0.1) is 19.4 Å². The number of likely N-dealkylation sites (N-methyl/N-ethyl adjacent to an activating group) is 1. The molecule has 1 fully saturated rings. The first-order valence-corrected chi connectivity index (χ1v) is 11.1. The third-order valence-corrected chi connectivity index (χ3v) is 6.32. The molecule has 0 aliphatic carbocycles. The Morgan fingerprint density at radius 3 is 2.47 bits per heavy atom. The van der Waals surface area contributed by atoms with Crippen molar-refractivity contribution in [3.05, 3.63) is 94.3 Å². The summed E-state index contributed by atoms with van der Waals surface area (Å²) in [7, 11) is 3.72. The molecule has 1 atom stereocenters. The summed E-state index contributed by atoms with van der Waals surface area (Å²) < 4.78 is 26.6. The maximum Gasteiger partial charge on any atom is 0.182 e. The van der Waals surface area contributed by atoms with Crippen LogP contribution in [0.5, 0.6) is 0 Å². The average molecular weight is 439 g/mol. The highest BCUT2D eigenvalue weighted by Gasteiger charge is 2.36. The van der Waals surface area contributed by atoms with Crippen molar-refractivity contribution in [2.24, 2.45) is 0 Å². The summed E-state index contributed by atoms with van der Waals surface area (Å²) in [6.07, 6.45) is 2.14. The fraction of sp³-hybridized carbons (Fsp3) is 0.385. The van der Waals surface area contributed by atoms with Crippen molar-refractivity contribution in [1.82, 2.24) is 9.80 Å². The second-order valence-corrected chi connectivity index (χ2v) is 8.35. The molecule has 0 radical (unpaired) electrons. The molecule has 1 N–H and O–H groups in total. The molecule has 4 rings (SSSR count). The van der Waals surface area contributed by atoms with Gasteiger partial charge in [-0.2, -0.15) is 0 Å². The second-order valence-electron chi connectivity index (χ2n) is 8.35. The smallest absolute Gasteiger partial charge is 0.182 e. The Balaban J connectivity index is 1.71. The van der Waals surface area contributed by atoms with Crippen molar-refractivity contribution in [3.8, 4) is 0 Å². The summed E-state index contributed by atoms with van der Waals surface area (Å²) in [5.74, 6) is 0.976. The number of hydrogen-bond acceptors (Lipinski definition) is 5. The van der Waals surface area contributed by atoms with E-state index in [2.05, 4.69) is 11.9 Å². The van der Waals surface area contributed by atoms with Gasteiger partial charge in [0.25, 0.3) is 0 Å². The van der Waals surface area contributed by atoms with Crippen molar-refractivity contribution in [3.63, 3.8) is 0 Å². The van der Waals surface area contributed by atoms with Crippen LogP contribution in [0.1, 0.15) is 24.0 Å². The standard InChI is InChI=1S/C26H31FN2O3/c1-28-14-8-13-23(28)21-16-29(15-20-11-6-7-12-22(20)27)24(17-30)26(31-2)25(21)32-18-19-9-4-3-5-10-19/h3-7,9-12,23,30H,8,13-18H2,1-2H3/t23-/m0/s1. The molecular weight excluding hydrogens is 407 g/mol. The SMILES string of the molecule is COC1=C(CO)N(Cc2ccccc2F)CC([C@@H]2CCCN2C)=C1OCc1ccccc1. The Labute approximate surface area is 189 Å². The van der Waals surface area contributed by atoms with E-state index in [0.29, 0.717) is 42.5 Å². The van der Waals surface area contributed by atoms with E-state index < -0.39 is 0 Å². The molecule has 0 spiro atoms. The predicted molar refractivity (Wildman–Crippen MR) is 122 cm³/mol. The van der Waals surface area contributed by atoms with Gasteiger partial charge in [0, 0.05) is 30.3 Å². The van der Waals surface area contributed by atoms with Gasteiger partial charge in [-0.1, -0.05) is 48.5 Å². The first-order valence-electron chi connectivity index (χ1n) is 11.1. The molecule has 0 unspecified atom stereocenters. The lowest BCUT2D eigenvalue weighted by atomic mass is 9.97. The lowest BCUT2D eigenvalue weighted by molar-refractivity contribution is 0.127. The number of ether oxygens (including phenoxy) is 2. The van der Waals surface area contributed by atoms with Crippen LogP contribution in [-0.2, 0) is 22.6 Å². The Hall–Kier alpha value is -2.83. The number of nitrogens with zero attached hydrogens (tertiary/aromatic N) is 2. The van der Waals surface area contributed by atoms with E-state index in [1.165, 1.54) is 6.07 Å². The molecule has 2 aliphatic heterocycles. The first kappa shape index (κ1) is 22.4. The zero-order valence-electron chi connectivity index (χ0n) is 18.8. The van der Waals surface area contributed by atoms with Gasteiger partial charge >= 0.3 is 0 Å². The highest BCUT2D eigenvalue weighted by molar-refractivity contribution is 5.39. The van der Waals surface area contributed by atoms with Crippen LogP contribution in [0.3, 0.4) is 0 Å². The van der Waals surface area contributed by atoms with Crippen LogP contribution in [0.2, 0.25) is 0 Å². The van der Waals surface area contributed by atoms with E-state index in [1.807, 2.05) is 41.3 Å². The van der Waals surface area contributed by atoms with Gasteiger partial charge in [-0.3, -0.25) is 4.90 Å². The highest BCUT2D eigenvalue weighted by atomic mass is 19.1. The molecular formula is C26H31FN2O3. The Morgan fingerprint density at radius 1 is 1.06 bits per heavy atom. The van der Waals surface area contributed by atoms with Gasteiger partial charge in [0.2, 0.25) is 0 Å². The summed E-state index contributed by atoms with van der Waals surface area (Å²) in [4.78, 5) is 4.34. The van der Waals surface area contributed by atoms with Gasteiger partial charge in [-0.25, -0.2) is 4.39 Å². The predicted octanol–water partition coefficient (Wildman–Crippen LogP) is 4.06. The van der Waals surface area contributed by atoms with Crippen molar-refractivity contribution < 1.29 is 19.0 Å². The van der Waals surface area contributed by atoms with Gasteiger partial charge in [0.15, 0.2) is 11.5 Å². The Kier molecular flexibility index (Phi) is 7.12. The summed E-state index contributed by atoms with van der Waals surface area (Å²) in [5, 5.41) is 10.3. The third kappa shape index (κ3) is 4.66. The van der Waals surface area contributed by atoms with Crippen molar-refractivity contribution in [2.75, 3.05) is 33.9 Å². The van der Waals surface area contributed by atoms with Crippen LogP contribution >= 0.6 is 0 Å². The summed E-state index contributed by atoms with van der Waals surface area (Å²) in [6.45, 7) is 2.11. The van der Waals surface area contributed by atoms with E-state index in [9.17, 15) is 9.50 Å². The largest absolute Gasteiger partial charge is 0.491 e. The quantitative estimate of drug-likeness (QED) is 0.674. The molecule has 2 heterocycles. The monoisotopic (exact) mass is 438 g/mol. The normalized spacial score (nSPS) is 19.6. The Morgan fingerprint density at radius 2 is 1.81 bits per heavy atom. The fourth-order valence-electron chi connectivity index (χ4n) is 4.65. The van der Waals surface area contributed by atoms with Crippen molar-refractivity contribution in [1.29, 1.82) is 0 Å². The molecule has 0 amide bonds. The van der Waals surface area contributed by atoms with E-state index in [0.717, 1.165) is 30.5 Å². The van der Waals surface area contributed by atoms with Gasteiger partial charge < -0.3 is 19.5 Å². The van der Waals surface area contributed by atoms with E-state index in [-0.39, 0.29) is 18.5 Å². The summed E-state index contributed by atoms with van der Waals surface area (Å²) >= 11 is 0. The van der Waals surface area contributed by atoms with E-state index in [4.69, 9.17) is 9.47 Å². The molecule has 0 bridgehead atoms. The minimum absolute atomic E-state index is 0.217. The number of hydrogen-bond donors (Lipinski definition) is 1. The number of aliphatic hydroxyl groups is 1. The molecule has 32 heavy (non-hydrogen) atoms. The Bertz CT molecular complexity index is 990. The zero-order chi connectivity index (χ0) is 22.5. The topological polar surface area (TPSA) is 45.2 Å². The van der Waals surface area contributed by atoms with Crippen LogP contribution in [0, 0.1) is 5.82 Å². The number of likely N-dealkylation sites (tertiary alicyclic amines) is 1.